The van der Waals surface area contributed by atoms with Gasteiger partial charge in [0.1, 0.15) is 0 Å². The number of nitrogens with one attached hydrogen (secondary N) is 2. The Bertz CT molecular complexity index is 689. The Morgan fingerprint density at radius 3 is 2.38 bits per heavy atom. The van der Waals surface area contributed by atoms with Crippen LogP contribution in [0.15, 0.2) is 46.9 Å². The van der Waals surface area contributed by atoms with E-state index in [0.29, 0.717) is 15.6 Å². The molecule has 0 unspecified atom stereocenters. The average Bonchev–Trinajstić information content (AvgIpc) is 2.37. The number of halogens is 3. The number of anilines is 1. The molecule has 0 aromatic heterocycles. The normalized spacial score (nSPS) is 10.0. The van der Waals surface area contributed by atoms with Crippen molar-refractivity contribution in [2.75, 3.05) is 5.32 Å². The smallest absolute Gasteiger partial charge is 0.257 e. The van der Waals surface area contributed by atoms with E-state index < -0.39 is 0 Å². The van der Waals surface area contributed by atoms with Crippen molar-refractivity contribution >= 4 is 68.1 Å². The fourth-order valence-electron chi connectivity index (χ4n) is 1.59. The topological polar surface area (TPSA) is 41.1 Å². The van der Waals surface area contributed by atoms with Gasteiger partial charge in [-0.05, 0) is 48.6 Å². The largest absolute Gasteiger partial charge is 0.332 e. The first kappa shape index (κ1) is 16.2. The van der Waals surface area contributed by atoms with Gasteiger partial charge >= 0.3 is 0 Å². The molecular weight excluding hydrogens is 395 g/mol. The highest BCUT2D eigenvalue weighted by molar-refractivity contribution is 9.10. The molecule has 0 bridgehead atoms. The zero-order valence-electron chi connectivity index (χ0n) is 10.5. The van der Waals surface area contributed by atoms with Crippen molar-refractivity contribution in [2.24, 2.45) is 0 Å². The third-order valence-electron chi connectivity index (χ3n) is 2.43. The van der Waals surface area contributed by atoms with Crippen LogP contribution in [0.3, 0.4) is 0 Å². The van der Waals surface area contributed by atoms with Gasteiger partial charge in [-0.1, -0.05) is 45.2 Å². The van der Waals surface area contributed by atoms with Gasteiger partial charge in [0.25, 0.3) is 5.91 Å². The second-order valence-electron chi connectivity index (χ2n) is 4.08. The molecule has 2 rings (SSSR count). The zero-order valence-corrected chi connectivity index (χ0v) is 14.4. The lowest BCUT2D eigenvalue weighted by atomic mass is 10.2. The Morgan fingerprint density at radius 1 is 1.10 bits per heavy atom. The highest BCUT2D eigenvalue weighted by Crippen LogP contribution is 2.19. The van der Waals surface area contributed by atoms with Gasteiger partial charge in [-0.2, -0.15) is 0 Å². The summed E-state index contributed by atoms with van der Waals surface area (Å²) in [6, 6.07) is 12.0. The number of thiocarbonyl (C=S) groups is 1. The Kier molecular flexibility index (Phi) is 5.58. The van der Waals surface area contributed by atoms with Gasteiger partial charge in [0.15, 0.2) is 5.11 Å². The summed E-state index contributed by atoms with van der Waals surface area (Å²) in [5.74, 6) is -0.383. The second-order valence-corrected chi connectivity index (χ2v) is 6.27. The molecule has 7 heteroatoms. The van der Waals surface area contributed by atoms with E-state index >= 15 is 0 Å². The van der Waals surface area contributed by atoms with E-state index in [9.17, 15) is 4.79 Å². The molecule has 0 saturated carbocycles. The van der Waals surface area contributed by atoms with Gasteiger partial charge in [0.2, 0.25) is 0 Å². The summed E-state index contributed by atoms with van der Waals surface area (Å²) in [5.41, 5.74) is 1.10. The minimum absolute atomic E-state index is 0.189. The molecular formula is C14H9BrCl2N2OS. The molecule has 0 aliphatic heterocycles. The molecule has 2 aromatic carbocycles. The molecule has 0 atom stereocenters. The third-order valence-corrected chi connectivity index (χ3v) is 3.57. The molecule has 0 radical (unpaired) electrons. The maximum absolute atomic E-state index is 12.1. The number of carbonyl (C=O) groups is 1. The molecule has 0 aliphatic carbocycles. The lowest BCUT2D eigenvalue weighted by Gasteiger charge is -2.10. The fourth-order valence-corrected chi connectivity index (χ4v) is 2.72. The van der Waals surface area contributed by atoms with Crippen molar-refractivity contribution in [3.8, 4) is 0 Å². The van der Waals surface area contributed by atoms with Crippen LogP contribution in [0.25, 0.3) is 0 Å². The van der Waals surface area contributed by atoms with Crippen molar-refractivity contribution in [2.45, 2.75) is 0 Å². The number of hydrogen-bond acceptors (Lipinski definition) is 2. The zero-order chi connectivity index (χ0) is 15.4. The molecule has 0 saturated heterocycles. The highest BCUT2D eigenvalue weighted by Gasteiger charge is 2.10. The van der Waals surface area contributed by atoms with E-state index in [0.717, 1.165) is 10.2 Å². The van der Waals surface area contributed by atoms with Crippen LogP contribution in [0.2, 0.25) is 10.0 Å². The second kappa shape index (κ2) is 7.22. The predicted octanol–water partition coefficient (Wildman–Crippen LogP) is 4.88. The van der Waals surface area contributed by atoms with E-state index in [1.807, 2.05) is 24.3 Å². The highest BCUT2D eigenvalue weighted by atomic mass is 79.9. The standard InChI is InChI=1S/C14H9BrCl2N2OS/c15-9-2-1-3-12(6-9)18-14(21)19-13(20)8-4-10(16)7-11(17)5-8/h1-7H,(H2,18,19,20,21). The number of carbonyl (C=O) groups excluding carboxylic acids is 1. The minimum atomic E-state index is -0.383. The molecule has 0 heterocycles. The average molecular weight is 404 g/mol. The van der Waals surface area contributed by atoms with E-state index in [-0.39, 0.29) is 11.0 Å². The van der Waals surface area contributed by atoms with E-state index in [1.54, 1.807) is 6.07 Å². The molecule has 0 fully saturated rings. The van der Waals surface area contributed by atoms with Gasteiger partial charge in [0.05, 0.1) is 0 Å². The van der Waals surface area contributed by atoms with Crippen LogP contribution in [-0.4, -0.2) is 11.0 Å². The van der Waals surface area contributed by atoms with Crippen molar-refractivity contribution < 1.29 is 4.79 Å². The van der Waals surface area contributed by atoms with Crippen molar-refractivity contribution in [1.82, 2.24) is 5.32 Å². The number of benzene rings is 2. The van der Waals surface area contributed by atoms with Gasteiger partial charge in [0, 0.05) is 25.8 Å². The first-order chi connectivity index (χ1) is 9.94. The van der Waals surface area contributed by atoms with Crippen LogP contribution in [0, 0.1) is 0 Å². The van der Waals surface area contributed by atoms with Crippen LogP contribution in [0.1, 0.15) is 10.4 Å². The lowest BCUT2D eigenvalue weighted by Crippen LogP contribution is -2.34. The Labute approximate surface area is 145 Å². The summed E-state index contributed by atoms with van der Waals surface area (Å²) in [7, 11) is 0. The first-order valence-corrected chi connectivity index (χ1v) is 7.74. The van der Waals surface area contributed by atoms with Crippen molar-refractivity contribution in [3.05, 3.63) is 62.5 Å². The fraction of sp³-hybridized carbons (Fsp3) is 0. The monoisotopic (exact) mass is 402 g/mol. The van der Waals surface area contributed by atoms with Crippen LogP contribution in [-0.2, 0) is 0 Å². The maximum atomic E-state index is 12.1. The Morgan fingerprint density at radius 2 is 1.76 bits per heavy atom. The van der Waals surface area contributed by atoms with Gasteiger partial charge in [-0.25, -0.2) is 0 Å². The van der Waals surface area contributed by atoms with E-state index in [4.69, 9.17) is 35.4 Å². The van der Waals surface area contributed by atoms with Gasteiger partial charge < -0.3 is 5.32 Å². The Hall–Kier alpha value is -1.14. The van der Waals surface area contributed by atoms with Gasteiger partial charge in [-0.15, -0.1) is 0 Å². The Balaban J connectivity index is 2.03. The third kappa shape index (κ3) is 4.97. The van der Waals surface area contributed by atoms with Crippen molar-refractivity contribution in [3.63, 3.8) is 0 Å². The van der Waals surface area contributed by atoms with Crippen LogP contribution < -0.4 is 10.6 Å². The van der Waals surface area contributed by atoms with Crippen LogP contribution in [0.4, 0.5) is 5.69 Å². The molecule has 1 amide bonds. The van der Waals surface area contributed by atoms with Crippen LogP contribution in [0.5, 0.6) is 0 Å². The van der Waals surface area contributed by atoms with Crippen molar-refractivity contribution in [1.29, 1.82) is 0 Å². The molecule has 2 aromatic rings. The summed E-state index contributed by atoms with van der Waals surface area (Å²) in [5, 5.41) is 6.45. The number of hydrogen-bond donors (Lipinski definition) is 2. The lowest BCUT2D eigenvalue weighted by molar-refractivity contribution is 0.0977. The van der Waals surface area contributed by atoms with E-state index in [2.05, 4.69) is 26.6 Å². The summed E-state index contributed by atoms with van der Waals surface area (Å²) in [6.45, 7) is 0. The molecule has 0 aliphatic rings. The number of rotatable bonds is 2. The summed E-state index contributed by atoms with van der Waals surface area (Å²) < 4.78 is 0.906. The summed E-state index contributed by atoms with van der Waals surface area (Å²) >= 11 is 20.2. The molecule has 3 nitrogen and oxygen atoms in total. The molecule has 0 spiro atoms. The molecule has 2 N–H and O–H groups in total. The number of amides is 1. The molecule has 21 heavy (non-hydrogen) atoms. The quantitative estimate of drug-likeness (QED) is 0.702. The maximum Gasteiger partial charge on any atom is 0.257 e. The predicted molar refractivity (Wildman–Crippen MR) is 94.3 cm³/mol. The summed E-state index contributed by atoms with van der Waals surface area (Å²) in [6.07, 6.45) is 0. The van der Waals surface area contributed by atoms with E-state index in [1.165, 1.54) is 12.1 Å². The minimum Gasteiger partial charge on any atom is -0.332 e. The van der Waals surface area contributed by atoms with Gasteiger partial charge in [-0.3, -0.25) is 10.1 Å². The summed E-state index contributed by atoms with van der Waals surface area (Å²) in [4.78, 5) is 12.1. The molecule has 108 valence electrons. The van der Waals surface area contributed by atoms with Crippen LogP contribution >= 0.6 is 51.3 Å². The first-order valence-electron chi connectivity index (χ1n) is 5.78. The SMILES string of the molecule is O=C(NC(=S)Nc1cccc(Br)c1)c1cc(Cl)cc(Cl)c1.